The molecule has 3 N–H and O–H groups in total. The number of halogens is 1. The predicted molar refractivity (Wildman–Crippen MR) is 94.9 cm³/mol. The second-order valence-corrected chi connectivity index (χ2v) is 5.38. The molecule has 0 spiro atoms. The molecule has 0 aliphatic carbocycles. The van der Waals surface area contributed by atoms with Crippen LogP contribution in [0.3, 0.4) is 0 Å². The molecule has 124 valence electrons. The normalized spacial score (nSPS) is 12.7. The number of ether oxygens (including phenoxy) is 1. The molecule has 0 radical (unpaired) electrons. The minimum Gasteiger partial charge on any atom is -0.489 e. The van der Waals surface area contributed by atoms with Crippen molar-refractivity contribution in [3.63, 3.8) is 0 Å². The van der Waals surface area contributed by atoms with Crippen LogP contribution in [0, 0.1) is 6.92 Å². The van der Waals surface area contributed by atoms with Crippen molar-refractivity contribution >= 4 is 18.3 Å². The predicted octanol–water partition coefficient (Wildman–Crippen LogP) is 3.00. The van der Waals surface area contributed by atoms with E-state index in [9.17, 15) is 4.79 Å². The van der Waals surface area contributed by atoms with Gasteiger partial charge in [0.05, 0.1) is 6.54 Å². The summed E-state index contributed by atoms with van der Waals surface area (Å²) >= 11 is 0. The van der Waals surface area contributed by atoms with Crippen LogP contribution in [0.5, 0.6) is 5.75 Å². The fraction of sp³-hybridized carbons (Fsp3) is 0.278. The van der Waals surface area contributed by atoms with Gasteiger partial charge in [0.25, 0.3) is 0 Å². The van der Waals surface area contributed by atoms with Gasteiger partial charge in [-0.25, -0.2) is 0 Å². The highest BCUT2D eigenvalue weighted by atomic mass is 35.5. The summed E-state index contributed by atoms with van der Waals surface area (Å²) in [5.41, 5.74) is 7.92. The number of nitrogens with two attached hydrogens (primary N) is 1. The van der Waals surface area contributed by atoms with Crippen LogP contribution in [0.4, 0.5) is 0 Å². The molecule has 2 atom stereocenters. The molecule has 0 saturated carbocycles. The number of carbonyl (C=O) groups excluding carboxylic acids is 1. The third-order valence-corrected chi connectivity index (χ3v) is 3.36. The Morgan fingerprint density at radius 3 is 2.35 bits per heavy atom. The highest BCUT2D eigenvalue weighted by molar-refractivity contribution is 5.85. The first kappa shape index (κ1) is 19.0. The van der Waals surface area contributed by atoms with E-state index in [2.05, 4.69) is 5.32 Å². The Morgan fingerprint density at radius 2 is 1.74 bits per heavy atom. The summed E-state index contributed by atoms with van der Waals surface area (Å²) in [6.07, 6.45) is -0.128. The van der Waals surface area contributed by atoms with Gasteiger partial charge in [-0.05, 0) is 31.5 Å². The molecule has 0 aliphatic rings. The Kier molecular flexibility index (Phi) is 7.59. The molecule has 2 unspecified atom stereocenters. The van der Waals surface area contributed by atoms with Gasteiger partial charge >= 0.3 is 0 Å². The Labute approximate surface area is 143 Å². The Bertz CT molecular complexity index is 602. The van der Waals surface area contributed by atoms with Crippen LogP contribution in [0.1, 0.15) is 24.1 Å². The zero-order valence-electron chi connectivity index (χ0n) is 13.4. The number of aryl methyl sites for hydroxylation is 1. The van der Waals surface area contributed by atoms with Crippen molar-refractivity contribution in [2.75, 3.05) is 6.54 Å². The molecule has 0 aliphatic heterocycles. The summed E-state index contributed by atoms with van der Waals surface area (Å²) in [5.74, 6) is 0.583. The summed E-state index contributed by atoms with van der Waals surface area (Å²) < 4.78 is 5.71. The van der Waals surface area contributed by atoms with Crippen LogP contribution in [0.2, 0.25) is 0 Å². The van der Waals surface area contributed by atoms with Gasteiger partial charge in [-0.2, -0.15) is 0 Å². The smallest absolute Gasteiger partial charge is 0.241 e. The molecular formula is C18H23ClN2O2. The molecule has 0 saturated heterocycles. The molecule has 5 heteroatoms. The van der Waals surface area contributed by atoms with Gasteiger partial charge in [-0.1, -0.05) is 48.0 Å². The zero-order valence-corrected chi connectivity index (χ0v) is 14.2. The molecule has 2 aromatic rings. The summed E-state index contributed by atoms with van der Waals surface area (Å²) in [4.78, 5) is 12.1. The number of benzene rings is 2. The third kappa shape index (κ3) is 5.93. The van der Waals surface area contributed by atoms with Crippen LogP contribution >= 0.6 is 12.4 Å². The molecule has 1 amide bonds. The van der Waals surface area contributed by atoms with Crippen LogP contribution in [0.25, 0.3) is 0 Å². The van der Waals surface area contributed by atoms with Crippen molar-refractivity contribution in [3.8, 4) is 5.75 Å². The van der Waals surface area contributed by atoms with Crippen LogP contribution in [0.15, 0.2) is 54.6 Å². The molecular weight excluding hydrogens is 312 g/mol. The van der Waals surface area contributed by atoms with Gasteiger partial charge in [-0.15, -0.1) is 12.4 Å². The van der Waals surface area contributed by atoms with Crippen molar-refractivity contribution in [3.05, 3.63) is 65.7 Å². The minimum absolute atomic E-state index is 0. The number of hydrogen-bond acceptors (Lipinski definition) is 3. The van der Waals surface area contributed by atoms with E-state index < -0.39 is 6.04 Å². The number of amides is 1. The van der Waals surface area contributed by atoms with E-state index in [4.69, 9.17) is 10.5 Å². The molecule has 2 aromatic carbocycles. The maximum absolute atomic E-state index is 12.1. The summed E-state index contributed by atoms with van der Waals surface area (Å²) in [6.45, 7) is 4.32. The van der Waals surface area contributed by atoms with Crippen molar-refractivity contribution in [1.82, 2.24) is 5.32 Å². The molecule has 0 aromatic heterocycles. The SMILES string of the molecule is Cc1ccc(C(N)C(=O)NCC(C)Oc2ccccc2)cc1.Cl. The summed E-state index contributed by atoms with van der Waals surface area (Å²) in [6, 6.07) is 16.5. The largest absolute Gasteiger partial charge is 0.489 e. The Morgan fingerprint density at radius 1 is 1.13 bits per heavy atom. The molecule has 0 heterocycles. The highest BCUT2D eigenvalue weighted by Crippen LogP contribution is 2.12. The maximum Gasteiger partial charge on any atom is 0.241 e. The number of nitrogens with one attached hydrogen (secondary N) is 1. The van der Waals surface area contributed by atoms with E-state index >= 15 is 0 Å². The molecule has 23 heavy (non-hydrogen) atoms. The second kappa shape index (κ2) is 9.18. The molecule has 4 nitrogen and oxygen atoms in total. The monoisotopic (exact) mass is 334 g/mol. The van der Waals surface area contributed by atoms with E-state index in [0.29, 0.717) is 6.54 Å². The van der Waals surface area contributed by atoms with Gasteiger partial charge in [0.1, 0.15) is 17.9 Å². The van der Waals surface area contributed by atoms with Crippen LogP contribution in [-0.2, 0) is 4.79 Å². The van der Waals surface area contributed by atoms with E-state index in [1.165, 1.54) is 0 Å². The maximum atomic E-state index is 12.1. The first-order valence-corrected chi connectivity index (χ1v) is 7.38. The lowest BCUT2D eigenvalue weighted by atomic mass is 10.1. The first-order chi connectivity index (χ1) is 10.6. The molecule has 0 bridgehead atoms. The van der Waals surface area contributed by atoms with Crippen LogP contribution < -0.4 is 15.8 Å². The van der Waals surface area contributed by atoms with E-state index in [-0.39, 0.29) is 24.4 Å². The molecule has 2 rings (SSSR count). The van der Waals surface area contributed by atoms with Gasteiger partial charge in [0.15, 0.2) is 0 Å². The lowest BCUT2D eigenvalue weighted by Crippen LogP contribution is -2.39. The fourth-order valence-corrected chi connectivity index (χ4v) is 2.05. The number of rotatable bonds is 6. The summed E-state index contributed by atoms with van der Waals surface area (Å²) in [5, 5.41) is 2.83. The van der Waals surface area contributed by atoms with E-state index in [1.54, 1.807) is 0 Å². The number of hydrogen-bond donors (Lipinski definition) is 2. The van der Waals surface area contributed by atoms with Crippen molar-refractivity contribution in [1.29, 1.82) is 0 Å². The topological polar surface area (TPSA) is 64.4 Å². The van der Waals surface area contributed by atoms with Crippen molar-refractivity contribution in [2.24, 2.45) is 5.73 Å². The second-order valence-electron chi connectivity index (χ2n) is 5.38. The van der Waals surface area contributed by atoms with Crippen molar-refractivity contribution in [2.45, 2.75) is 26.0 Å². The quantitative estimate of drug-likeness (QED) is 0.853. The lowest BCUT2D eigenvalue weighted by Gasteiger charge is -2.17. The molecule has 0 fully saturated rings. The fourth-order valence-electron chi connectivity index (χ4n) is 2.05. The van der Waals surface area contributed by atoms with Gasteiger partial charge in [0.2, 0.25) is 5.91 Å². The Balaban J connectivity index is 0.00000264. The standard InChI is InChI=1S/C18H22N2O2.ClH/c1-13-8-10-15(11-9-13)17(19)18(21)20-12-14(2)22-16-6-4-3-5-7-16;/h3-11,14,17H,12,19H2,1-2H3,(H,20,21);1H. The minimum atomic E-state index is -0.662. The highest BCUT2D eigenvalue weighted by Gasteiger charge is 2.16. The average molecular weight is 335 g/mol. The van der Waals surface area contributed by atoms with E-state index in [1.807, 2.05) is 68.4 Å². The van der Waals surface area contributed by atoms with Gasteiger partial charge in [0, 0.05) is 0 Å². The summed E-state index contributed by atoms with van der Waals surface area (Å²) in [7, 11) is 0. The van der Waals surface area contributed by atoms with Crippen LogP contribution in [-0.4, -0.2) is 18.6 Å². The van der Waals surface area contributed by atoms with Gasteiger partial charge < -0.3 is 15.8 Å². The third-order valence-electron chi connectivity index (χ3n) is 3.36. The Hall–Kier alpha value is -2.04. The lowest BCUT2D eigenvalue weighted by molar-refractivity contribution is -0.122. The first-order valence-electron chi connectivity index (χ1n) is 7.38. The van der Waals surface area contributed by atoms with Gasteiger partial charge in [-0.3, -0.25) is 4.79 Å². The van der Waals surface area contributed by atoms with Crippen molar-refractivity contribution < 1.29 is 9.53 Å². The number of para-hydroxylation sites is 1. The van der Waals surface area contributed by atoms with E-state index in [0.717, 1.165) is 16.9 Å². The zero-order chi connectivity index (χ0) is 15.9. The number of carbonyl (C=O) groups is 1. The average Bonchev–Trinajstić information content (AvgIpc) is 2.53.